The highest BCUT2D eigenvalue weighted by Crippen LogP contribution is 2.47. The summed E-state index contributed by atoms with van der Waals surface area (Å²) in [5, 5.41) is 2.18. The maximum atomic E-state index is 6.56. The second-order valence-corrected chi connectivity index (χ2v) is 13.8. The number of furan rings is 1. The van der Waals surface area contributed by atoms with E-state index in [0.29, 0.717) is 11.6 Å². The Balaban J connectivity index is 1.35. The van der Waals surface area contributed by atoms with E-state index in [-0.39, 0.29) is 12.0 Å². The van der Waals surface area contributed by atoms with E-state index < -0.39 is 0 Å². The summed E-state index contributed by atoms with van der Waals surface area (Å²) in [5.41, 5.74) is 13.8. The van der Waals surface area contributed by atoms with E-state index in [1.165, 1.54) is 76.7 Å². The number of aryl methyl sites for hydroxylation is 1. The van der Waals surface area contributed by atoms with Crippen molar-refractivity contribution < 1.29 is 8.98 Å². The predicted octanol–water partition coefficient (Wildman–Crippen LogP) is 10.6. The van der Waals surface area contributed by atoms with Crippen LogP contribution in [0, 0.1) is 0 Å². The summed E-state index contributed by atoms with van der Waals surface area (Å²) in [6.07, 6.45) is 15.1. The smallest absolute Gasteiger partial charge is 0.227 e. The molecule has 5 heterocycles. The fraction of sp³-hybridized carbons (Fsp3) is 0.250. The number of hydrogen-bond donors (Lipinski definition) is 0. The van der Waals surface area contributed by atoms with E-state index in [2.05, 4.69) is 101 Å². The monoisotopic (exact) mass is 626 g/mol. The summed E-state index contributed by atoms with van der Waals surface area (Å²) in [6, 6.07) is 31.0. The fourth-order valence-corrected chi connectivity index (χ4v) is 8.83. The first kappa shape index (κ1) is 29.1. The molecule has 3 aromatic heterocycles. The Labute approximate surface area is 282 Å². The fourth-order valence-electron chi connectivity index (χ4n) is 8.83. The normalized spacial score (nSPS) is 19.6. The van der Waals surface area contributed by atoms with Gasteiger partial charge in [0.15, 0.2) is 11.9 Å². The molecule has 3 aliphatic rings. The first-order valence-corrected chi connectivity index (χ1v) is 17.6. The topological polar surface area (TPSA) is 42.3 Å². The summed E-state index contributed by atoms with van der Waals surface area (Å²) >= 11 is 0. The van der Waals surface area contributed by atoms with Gasteiger partial charge in [-0.1, -0.05) is 80.4 Å². The second-order valence-electron chi connectivity index (χ2n) is 13.8. The Bertz CT molecular complexity index is 2250. The third-order valence-corrected chi connectivity index (χ3v) is 11.1. The van der Waals surface area contributed by atoms with Crippen molar-refractivity contribution in [3.63, 3.8) is 0 Å². The van der Waals surface area contributed by atoms with Gasteiger partial charge in [-0.25, -0.2) is 4.98 Å². The molecule has 4 nitrogen and oxygen atoms in total. The van der Waals surface area contributed by atoms with Crippen LogP contribution in [-0.2, 0) is 6.42 Å². The molecule has 1 aliphatic carbocycles. The molecule has 1 saturated carbocycles. The third kappa shape index (κ3) is 4.77. The van der Waals surface area contributed by atoms with Gasteiger partial charge in [0.05, 0.1) is 23.7 Å². The first-order valence-electron chi connectivity index (χ1n) is 17.6. The van der Waals surface area contributed by atoms with Crippen molar-refractivity contribution in [2.24, 2.45) is 4.99 Å². The third-order valence-electron chi connectivity index (χ3n) is 11.1. The number of allylic oxidation sites excluding steroid dienone is 1. The highest BCUT2D eigenvalue weighted by atomic mass is 16.3. The van der Waals surface area contributed by atoms with E-state index in [0.717, 1.165) is 47.0 Å². The van der Waals surface area contributed by atoms with Gasteiger partial charge in [-0.05, 0) is 84.7 Å². The molecule has 1 fully saturated rings. The lowest BCUT2D eigenvalue weighted by atomic mass is 9.77. The molecule has 6 aromatic rings. The van der Waals surface area contributed by atoms with Gasteiger partial charge < -0.3 is 4.42 Å². The van der Waals surface area contributed by atoms with Crippen LogP contribution in [0.1, 0.15) is 79.0 Å². The van der Waals surface area contributed by atoms with Crippen LogP contribution < -0.4 is 4.57 Å². The Morgan fingerprint density at radius 1 is 0.854 bits per heavy atom. The maximum absolute atomic E-state index is 6.56. The number of nitrogens with zero attached hydrogens (tertiary/aromatic N) is 3. The van der Waals surface area contributed by atoms with Crippen molar-refractivity contribution in [1.29, 1.82) is 0 Å². The Morgan fingerprint density at radius 3 is 2.54 bits per heavy atom. The SMILES string of the molecule is C=CC1=NC2CC(=C)[n+]3ccc(C4CCCCC4)cc3-c3c(cc4oc5ncccc5c4c3-c3ccccc3)CCC2c2ccccc21. The minimum Gasteiger partial charge on any atom is -0.438 e. The van der Waals surface area contributed by atoms with Gasteiger partial charge >= 0.3 is 0 Å². The highest BCUT2D eigenvalue weighted by Gasteiger charge is 2.36. The number of benzene rings is 3. The summed E-state index contributed by atoms with van der Waals surface area (Å²) in [6.45, 7) is 8.93. The van der Waals surface area contributed by atoms with Crippen LogP contribution in [0.4, 0.5) is 0 Å². The van der Waals surface area contributed by atoms with Crippen molar-refractivity contribution in [2.75, 3.05) is 0 Å². The average molecular weight is 627 g/mol. The second kappa shape index (κ2) is 11.9. The van der Waals surface area contributed by atoms with Gasteiger partial charge in [-0.2, -0.15) is 4.57 Å². The minimum absolute atomic E-state index is 0.0769. The van der Waals surface area contributed by atoms with Crippen molar-refractivity contribution in [1.82, 2.24) is 4.98 Å². The number of aliphatic imine (C=N–C) groups is 1. The molecule has 0 amide bonds. The molecule has 236 valence electrons. The molecule has 2 unspecified atom stereocenters. The summed E-state index contributed by atoms with van der Waals surface area (Å²) in [5.74, 6) is 0.838. The maximum Gasteiger partial charge on any atom is 0.227 e. The molecule has 9 rings (SSSR count). The van der Waals surface area contributed by atoms with Crippen molar-refractivity contribution in [3.05, 3.63) is 139 Å². The van der Waals surface area contributed by atoms with E-state index in [9.17, 15) is 0 Å². The summed E-state index contributed by atoms with van der Waals surface area (Å²) in [4.78, 5) is 10.0. The first-order chi connectivity index (χ1) is 23.7. The average Bonchev–Trinajstić information content (AvgIpc) is 3.52. The minimum atomic E-state index is 0.0769. The number of fused-ring (bicyclic) bond motifs is 9. The molecule has 0 saturated heterocycles. The van der Waals surface area contributed by atoms with Gasteiger partial charge in [0.1, 0.15) is 5.58 Å². The van der Waals surface area contributed by atoms with Crippen LogP contribution in [0.3, 0.4) is 0 Å². The quantitative estimate of drug-likeness (QED) is 0.183. The molecule has 48 heavy (non-hydrogen) atoms. The van der Waals surface area contributed by atoms with Crippen molar-refractivity contribution >= 4 is 33.5 Å². The van der Waals surface area contributed by atoms with Gasteiger partial charge in [0, 0.05) is 46.1 Å². The Morgan fingerprint density at radius 2 is 1.69 bits per heavy atom. The standard InChI is InChI=1S/C44H40N3O/c1-3-37-34-18-11-10-17-33(34)35-21-20-32-27-40-43(36-19-12-23-45-44(36)48-40)42(30-15-8-5-9-16-30)41(32)39-26-31(29-13-6-4-7-14-29)22-24-47(39)28(2)25-38(35)46-37/h3,5,8-12,15-19,22-24,26-27,29,35,38H,1-2,4,6-7,13-14,20-21,25H2/q+1. The van der Waals surface area contributed by atoms with Gasteiger partial charge in [0.25, 0.3) is 0 Å². The van der Waals surface area contributed by atoms with Crippen LogP contribution in [0.5, 0.6) is 0 Å². The van der Waals surface area contributed by atoms with Crippen LogP contribution in [-0.4, -0.2) is 16.7 Å². The van der Waals surface area contributed by atoms with Gasteiger partial charge in [-0.3, -0.25) is 4.99 Å². The number of hydrogen-bond acceptors (Lipinski definition) is 3. The van der Waals surface area contributed by atoms with Crippen molar-refractivity contribution in [3.8, 4) is 22.4 Å². The summed E-state index contributed by atoms with van der Waals surface area (Å²) < 4.78 is 8.93. The van der Waals surface area contributed by atoms with Gasteiger partial charge in [0.2, 0.25) is 11.4 Å². The van der Waals surface area contributed by atoms with Crippen LogP contribution in [0.15, 0.2) is 126 Å². The molecule has 0 spiro atoms. The molecule has 4 heteroatoms. The van der Waals surface area contributed by atoms with E-state index in [1.807, 2.05) is 18.3 Å². The van der Waals surface area contributed by atoms with E-state index in [1.54, 1.807) is 0 Å². The Hall–Kier alpha value is -5.09. The molecular formula is C44H40N3O+. The summed E-state index contributed by atoms with van der Waals surface area (Å²) in [7, 11) is 0. The predicted molar refractivity (Wildman–Crippen MR) is 196 cm³/mol. The molecule has 0 radical (unpaired) electrons. The number of aromatic nitrogens is 2. The zero-order valence-corrected chi connectivity index (χ0v) is 27.4. The van der Waals surface area contributed by atoms with E-state index in [4.69, 9.17) is 16.0 Å². The molecule has 2 aliphatic heterocycles. The largest absolute Gasteiger partial charge is 0.438 e. The number of rotatable bonds is 3. The lowest BCUT2D eigenvalue weighted by Gasteiger charge is -2.32. The van der Waals surface area contributed by atoms with E-state index >= 15 is 0 Å². The van der Waals surface area contributed by atoms with Crippen molar-refractivity contribution in [2.45, 2.75) is 69.2 Å². The van der Waals surface area contributed by atoms with Crippen LogP contribution in [0.2, 0.25) is 0 Å². The Kier molecular flexibility index (Phi) is 7.18. The zero-order chi connectivity index (χ0) is 32.2. The number of pyridine rings is 2. The van der Waals surface area contributed by atoms with Crippen LogP contribution >= 0.6 is 0 Å². The van der Waals surface area contributed by atoms with Crippen LogP contribution in [0.25, 0.3) is 50.2 Å². The molecular weight excluding hydrogens is 587 g/mol. The highest BCUT2D eigenvalue weighted by molar-refractivity contribution is 6.15. The molecule has 2 atom stereocenters. The molecule has 0 bridgehead atoms. The molecule has 3 aromatic carbocycles. The lowest BCUT2D eigenvalue weighted by molar-refractivity contribution is -0.571. The lowest BCUT2D eigenvalue weighted by Crippen LogP contribution is -2.38. The molecule has 0 N–H and O–H groups in total. The van der Waals surface area contributed by atoms with Gasteiger partial charge in [-0.15, -0.1) is 0 Å². The zero-order valence-electron chi connectivity index (χ0n) is 27.4.